The summed E-state index contributed by atoms with van der Waals surface area (Å²) >= 11 is 12.6. The summed E-state index contributed by atoms with van der Waals surface area (Å²) in [4.78, 5) is 16.7. The van der Waals surface area contributed by atoms with Crippen molar-refractivity contribution in [3.05, 3.63) is 69.5 Å². The number of halogens is 2. The van der Waals surface area contributed by atoms with Gasteiger partial charge in [-0.25, -0.2) is 8.42 Å². The third-order valence-electron chi connectivity index (χ3n) is 4.54. The van der Waals surface area contributed by atoms with Gasteiger partial charge in [-0.2, -0.15) is 9.29 Å². The third kappa shape index (κ3) is 5.26. The molecule has 0 unspecified atom stereocenters. The molecular formula is C20H16Cl2N6O4S2. The predicted molar refractivity (Wildman–Crippen MR) is 127 cm³/mol. The minimum absolute atomic E-state index is 0.0116. The first-order valence-electron chi connectivity index (χ1n) is 9.59. The van der Waals surface area contributed by atoms with E-state index in [2.05, 4.69) is 25.7 Å². The highest BCUT2D eigenvalue weighted by Gasteiger charge is 2.28. The molecule has 176 valence electrons. The molecule has 1 N–H and O–H groups in total. The fraction of sp³-hybridized carbons (Fsp3) is 0.150. The van der Waals surface area contributed by atoms with Gasteiger partial charge in [-0.1, -0.05) is 63.5 Å². The Balaban J connectivity index is 1.46. The number of hydrogen-bond acceptors (Lipinski definition) is 9. The van der Waals surface area contributed by atoms with Crippen LogP contribution in [0.3, 0.4) is 0 Å². The Morgan fingerprint density at radius 3 is 2.71 bits per heavy atom. The molecule has 0 bridgehead atoms. The van der Waals surface area contributed by atoms with Crippen molar-refractivity contribution in [3.63, 3.8) is 0 Å². The number of nitrogens with one attached hydrogen (secondary N) is 1. The average molecular weight is 539 g/mol. The summed E-state index contributed by atoms with van der Waals surface area (Å²) in [5.41, 5.74) is 1.94. The molecule has 2 aromatic carbocycles. The topological polar surface area (TPSA) is 131 Å². The van der Waals surface area contributed by atoms with E-state index < -0.39 is 15.9 Å². The molecule has 0 radical (unpaired) electrons. The molecule has 4 rings (SSSR count). The van der Waals surface area contributed by atoms with Crippen molar-refractivity contribution in [2.45, 2.75) is 17.8 Å². The van der Waals surface area contributed by atoms with Gasteiger partial charge in [-0.05, 0) is 31.2 Å². The molecule has 0 spiro atoms. The molecule has 0 saturated carbocycles. The van der Waals surface area contributed by atoms with Gasteiger partial charge < -0.3 is 4.52 Å². The normalized spacial score (nSPS) is 11.7. The van der Waals surface area contributed by atoms with Crippen LogP contribution in [0.2, 0.25) is 10.0 Å². The summed E-state index contributed by atoms with van der Waals surface area (Å²) in [5, 5.41) is 14.4. The first-order valence-corrected chi connectivity index (χ1v) is 12.6. The van der Waals surface area contributed by atoms with E-state index in [9.17, 15) is 13.2 Å². The number of carbonyl (C=O) groups excluding carboxylic acids is 1. The summed E-state index contributed by atoms with van der Waals surface area (Å²) in [6.07, 6.45) is 0. The van der Waals surface area contributed by atoms with Gasteiger partial charge in [0.05, 0.1) is 17.1 Å². The number of benzene rings is 2. The lowest BCUT2D eigenvalue weighted by molar-refractivity contribution is 0.102. The van der Waals surface area contributed by atoms with Gasteiger partial charge in [0.1, 0.15) is 0 Å². The van der Waals surface area contributed by atoms with Crippen molar-refractivity contribution < 1.29 is 17.7 Å². The lowest BCUT2D eigenvalue weighted by atomic mass is 10.1. The van der Waals surface area contributed by atoms with Gasteiger partial charge in [-0.15, -0.1) is 10.2 Å². The quantitative estimate of drug-likeness (QED) is 0.345. The molecular weight excluding hydrogens is 523 g/mol. The van der Waals surface area contributed by atoms with Crippen LogP contribution < -0.4 is 5.32 Å². The largest absolute Gasteiger partial charge is 0.338 e. The Morgan fingerprint density at radius 2 is 1.97 bits per heavy atom. The van der Waals surface area contributed by atoms with Gasteiger partial charge in [0, 0.05) is 17.6 Å². The monoisotopic (exact) mass is 538 g/mol. The average Bonchev–Trinajstić information content (AvgIpc) is 3.44. The number of sulfonamides is 1. The first kappa shape index (κ1) is 24.2. The molecule has 0 atom stereocenters. The molecule has 0 aliphatic carbocycles. The maximum Gasteiger partial charge on any atom is 0.272 e. The Labute approximate surface area is 208 Å². The van der Waals surface area contributed by atoms with E-state index in [1.165, 1.54) is 25.2 Å². The highest BCUT2D eigenvalue weighted by atomic mass is 35.5. The number of nitrogens with zero attached hydrogens (tertiary/aromatic N) is 5. The van der Waals surface area contributed by atoms with Crippen molar-refractivity contribution in [3.8, 4) is 11.4 Å². The van der Waals surface area contributed by atoms with Crippen molar-refractivity contribution in [1.29, 1.82) is 0 Å². The van der Waals surface area contributed by atoms with Gasteiger partial charge >= 0.3 is 0 Å². The van der Waals surface area contributed by atoms with Crippen LogP contribution in [-0.4, -0.2) is 46.0 Å². The number of aryl methyl sites for hydroxylation is 1. The van der Waals surface area contributed by atoms with Crippen molar-refractivity contribution >= 4 is 55.6 Å². The minimum atomic E-state index is -4.04. The summed E-state index contributed by atoms with van der Waals surface area (Å²) in [6, 6.07) is 11.9. The molecule has 4 aromatic rings. The Kier molecular flexibility index (Phi) is 6.96. The zero-order valence-electron chi connectivity index (χ0n) is 17.7. The molecule has 0 saturated heterocycles. The van der Waals surface area contributed by atoms with Crippen LogP contribution in [0.15, 0.2) is 51.3 Å². The third-order valence-corrected chi connectivity index (χ3v) is 8.07. The molecule has 0 aliphatic rings. The second-order valence-corrected chi connectivity index (χ2v) is 11.1. The molecule has 14 heteroatoms. The molecule has 0 aliphatic heterocycles. The number of aromatic nitrogens is 4. The standard InChI is InChI=1S/C20H16Cl2N6O4S2/c1-11-4-3-5-12(8-11)17-23-16(32-27-17)10-28(2)34(30,31)20-26-25-19(33-20)24-18(29)14-7-6-13(21)9-15(14)22/h3-9H,10H2,1-2H3,(H,24,25,29). The predicted octanol–water partition coefficient (Wildman–Crippen LogP) is 4.28. The van der Waals surface area contributed by atoms with E-state index >= 15 is 0 Å². The highest BCUT2D eigenvalue weighted by Crippen LogP contribution is 2.26. The van der Waals surface area contributed by atoms with Gasteiger partial charge in [0.25, 0.3) is 15.9 Å². The van der Waals surface area contributed by atoms with Gasteiger partial charge in [0.15, 0.2) is 0 Å². The fourth-order valence-corrected chi connectivity index (χ4v) is 5.53. The van der Waals surface area contributed by atoms with Gasteiger partial charge in [-0.3, -0.25) is 10.1 Å². The fourth-order valence-electron chi connectivity index (χ4n) is 2.83. The molecule has 34 heavy (non-hydrogen) atoms. The minimum Gasteiger partial charge on any atom is -0.338 e. The van der Waals surface area contributed by atoms with Crippen molar-refractivity contribution in [1.82, 2.24) is 24.6 Å². The second kappa shape index (κ2) is 9.76. The first-order chi connectivity index (χ1) is 16.1. The number of rotatable bonds is 7. The van der Waals surface area contributed by atoms with E-state index in [4.69, 9.17) is 27.7 Å². The van der Waals surface area contributed by atoms with Crippen LogP contribution in [0.5, 0.6) is 0 Å². The zero-order chi connectivity index (χ0) is 24.5. The van der Waals surface area contributed by atoms with Crippen LogP contribution in [0.1, 0.15) is 21.8 Å². The Morgan fingerprint density at radius 1 is 1.18 bits per heavy atom. The maximum atomic E-state index is 12.9. The number of anilines is 1. The second-order valence-electron chi connectivity index (χ2n) is 7.09. The SMILES string of the molecule is Cc1cccc(-c2noc(CN(C)S(=O)(=O)c3nnc(NC(=O)c4ccc(Cl)cc4Cl)s3)n2)c1. The van der Waals surface area contributed by atoms with Crippen LogP contribution >= 0.6 is 34.5 Å². The van der Waals surface area contributed by atoms with E-state index in [0.717, 1.165) is 15.4 Å². The van der Waals surface area contributed by atoms with E-state index in [0.29, 0.717) is 22.2 Å². The van der Waals surface area contributed by atoms with Crippen molar-refractivity contribution in [2.24, 2.45) is 0 Å². The lowest BCUT2D eigenvalue weighted by Crippen LogP contribution is -2.26. The summed E-state index contributed by atoms with van der Waals surface area (Å²) in [7, 11) is -2.69. The highest BCUT2D eigenvalue weighted by molar-refractivity contribution is 7.91. The molecule has 10 nitrogen and oxygen atoms in total. The van der Waals surface area contributed by atoms with Crippen LogP contribution in [0, 0.1) is 6.92 Å². The van der Waals surface area contributed by atoms with Crippen LogP contribution in [0.25, 0.3) is 11.4 Å². The summed E-state index contributed by atoms with van der Waals surface area (Å²) in [6.45, 7) is 1.76. The molecule has 1 amide bonds. The van der Waals surface area contributed by atoms with Gasteiger partial charge in [0.2, 0.25) is 21.2 Å². The van der Waals surface area contributed by atoms with Crippen LogP contribution in [-0.2, 0) is 16.6 Å². The summed E-state index contributed by atoms with van der Waals surface area (Å²) in [5.74, 6) is -0.117. The molecule has 2 heterocycles. The molecule has 2 aromatic heterocycles. The lowest BCUT2D eigenvalue weighted by Gasteiger charge is -2.11. The molecule has 0 fully saturated rings. The maximum absolute atomic E-state index is 12.9. The number of carbonyl (C=O) groups is 1. The van der Waals surface area contributed by atoms with Crippen molar-refractivity contribution in [2.75, 3.05) is 12.4 Å². The van der Waals surface area contributed by atoms with E-state index in [-0.39, 0.29) is 32.5 Å². The number of amides is 1. The number of hydrogen-bond donors (Lipinski definition) is 1. The Bertz CT molecular complexity index is 1470. The zero-order valence-corrected chi connectivity index (χ0v) is 20.8. The Hall–Kier alpha value is -2.90. The van der Waals surface area contributed by atoms with Crippen LogP contribution in [0.4, 0.5) is 5.13 Å². The summed E-state index contributed by atoms with van der Waals surface area (Å²) < 4.78 is 31.7. The van der Waals surface area contributed by atoms with E-state index in [1.54, 1.807) is 0 Å². The van der Waals surface area contributed by atoms with E-state index in [1.807, 2.05) is 31.2 Å². The smallest absolute Gasteiger partial charge is 0.272 e.